The second-order valence-corrected chi connectivity index (χ2v) is 7.33. The smallest absolute Gasteiger partial charge is 0.396 e. The Morgan fingerprint density at radius 3 is 1.47 bits per heavy atom. The van der Waals surface area contributed by atoms with Gasteiger partial charge in [-0.05, 0) is 33.6 Å². The molecular weight excluding hydrogens is 266 g/mol. The van der Waals surface area contributed by atoms with E-state index in [9.17, 15) is 10.2 Å². The fourth-order valence-corrected chi connectivity index (χ4v) is 5.74. The van der Waals surface area contributed by atoms with E-state index in [0.717, 1.165) is 0 Å². The molecule has 0 aromatic carbocycles. The standard InChI is InChI=1S/C12H29NO5Si/c1-4-16-19(17-5-2,18-6-3)12(11-13,7-9-14)8-10-15/h14-15H,4-11,13H2,1-3H3. The number of aliphatic hydroxyl groups is 2. The van der Waals surface area contributed by atoms with E-state index in [4.69, 9.17) is 19.0 Å². The molecule has 0 saturated heterocycles. The number of nitrogens with two attached hydrogens (primary N) is 1. The van der Waals surface area contributed by atoms with E-state index in [1.165, 1.54) is 0 Å². The van der Waals surface area contributed by atoms with Gasteiger partial charge in [-0.3, -0.25) is 0 Å². The predicted molar refractivity (Wildman–Crippen MR) is 75.8 cm³/mol. The molecule has 0 radical (unpaired) electrons. The molecule has 0 saturated carbocycles. The Morgan fingerprint density at radius 2 is 1.26 bits per heavy atom. The lowest BCUT2D eigenvalue weighted by Crippen LogP contribution is -2.60. The van der Waals surface area contributed by atoms with Gasteiger partial charge in [-0.2, -0.15) is 0 Å². The van der Waals surface area contributed by atoms with Crippen LogP contribution in [0.5, 0.6) is 0 Å². The zero-order valence-corrected chi connectivity index (χ0v) is 13.4. The van der Waals surface area contributed by atoms with Crippen LogP contribution in [-0.4, -0.2) is 58.6 Å². The molecule has 0 aliphatic heterocycles. The summed E-state index contributed by atoms with van der Waals surface area (Å²) in [5, 5.41) is 18.1. The van der Waals surface area contributed by atoms with Crippen LogP contribution < -0.4 is 5.73 Å². The van der Waals surface area contributed by atoms with Gasteiger partial charge in [-0.15, -0.1) is 0 Å². The quantitative estimate of drug-likeness (QED) is 0.454. The third-order valence-electron chi connectivity index (χ3n) is 3.22. The summed E-state index contributed by atoms with van der Waals surface area (Å²) in [6.45, 7) is 7.13. The van der Waals surface area contributed by atoms with Crippen molar-refractivity contribution in [2.45, 2.75) is 38.7 Å². The first-order valence-corrected chi connectivity index (χ1v) is 8.68. The summed E-state index contributed by atoms with van der Waals surface area (Å²) >= 11 is 0. The van der Waals surface area contributed by atoms with Gasteiger partial charge in [0.1, 0.15) is 0 Å². The maximum atomic E-state index is 9.35. The first-order valence-electron chi connectivity index (χ1n) is 6.95. The predicted octanol–water partition coefficient (Wildman–Crippen LogP) is 0.499. The molecule has 0 heterocycles. The second kappa shape index (κ2) is 9.81. The largest absolute Gasteiger partial charge is 0.508 e. The van der Waals surface area contributed by atoms with Gasteiger partial charge < -0.3 is 29.2 Å². The van der Waals surface area contributed by atoms with Crippen molar-refractivity contribution in [2.75, 3.05) is 39.6 Å². The van der Waals surface area contributed by atoms with Crippen LogP contribution in [0.2, 0.25) is 5.04 Å². The first kappa shape index (κ1) is 19.0. The number of hydrogen-bond acceptors (Lipinski definition) is 6. The van der Waals surface area contributed by atoms with E-state index in [-0.39, 0.29) is 19.8 Å². The van der Waals surface area contributed by atoms with E-state index in [1.807, 2.05) is 20.8 Å². The summed E-state index contributed by atoms with van der Waals surface area (Å²) in [6.07, 6.45) is 0.798. The minimum absolute atomic E-state index is 0.0425. The first-order chi connectivity index (χ1) is 9.11. The van der Waals surface area contributed by atoms with E-state index < -0.39 is 13.8 Å². The molecule has 0 fully saturated rings. The molecule has 0 amide bonds. The molecule has 4 N–H and O–H groups in total. The summed E-state index contributed by atoms with van der Waals surface area (Å²) in [4.78, 5) is 0. The minimum atomic E-state index is -3.06. The van der Waals surface area contributed by atoms with Gasteiger partial charge in [0.05, 0.1) is 5.04 Å². The highest BCUT2D eigenvalue weighted by Crippen LogP contribution is 2.45. The van der Waals surface area contributed by atoms with Gasteiger partial charge >= 0.3 is 8.80 Å². The third-order valence-corrected chi connectivity index (χ3v) is 7.23. The molecule has 19 heavy (non-hydrogen) atoms. The van der Waals surface area contributed by atoms with Crippen LogP contribution in [-0.2, 0) is 13.3 Å². The molecule has 0 rings (SSSR count). The topological polar surface area (TPSA) is 94.2 Å². The van der Waals surface area contributed by atoms with Gasteiger partial charge in [0.15, 0.2) is 0 Å². The number of rotatable bonds is 12. The van der Waals surface area contributed by atoms with Crippen LogP contribution in [0.1, 0.15) is 33.6 Å². The van der Waals surface area contributed by atoms with Gasteiger partial charge in [0.25, 0.3) is 0 Å². The normalized spacial score (nSPS) is 12.9. The summed E-state index contributed by atoms with van der Waals surface area (Å²) < 4.78 is 17.6. The minimum Gasteiger partial charge on any atom is -0.396 e. The van der Waals surface area contributed by atoms with E-state index in [2.05, 4.69) is 0 Å². The third kappa shape index (κ3) is 4.49. The highest BCUT2D eigenvalue weighted by atomic mass is 28.4. The maximum absolute atomic E-state index is 9.35. The van der Waals surface area contributed by atoms with Crippen LogP contribution in [0.4, 0.5) is 0 Å². The summed E-state index contributed by atoms with van der Waals surface area (Å²) in [5.41, 5.74) is 5.93. The fourth-order valence-electron chi connectivity index (χ4n) is 2.34. The van der Waals surface area contributed by atoms with Crippen LogP contribution in [0.25, 0.3) is 0 Å². The molecule has 0 spiro atoms. The molecule has 0 unspecified atom stereocenters. The molecule has 0 aromatic rings. The fraction of sp³-hybridized carbons (Fsp3) is 1.00. The molecule has 0 atom stereocenters. The molecule has 116 valence electrons. The number of hydrogen-bond donors (Lipinski definition) is 3. The van der Waals surface area contributed by atoms with Crippen LogP contribution in [0.15, 0.2) is 0 Å². The lowest BCUT2D eigenvalue weighted by Gasteiger charge is -2.44. The van der Waals surface area contributed by atoms with E-state index in [0.29, 0.717) is 32.7 Å². The highest BCUT2D eigenvalue weighted by Gasteiger charge is 2.59. The molecule has 0 aliphatic rings. The van der Waals surface area contributed by atoms with Gasteiger partial charge in [0, 0.05) is 39.6 Å². The van der Waals surface area contributed by atoms with Crippen molar-refractivity contribution in [2.24, 2.45) is 5.73 Å². The Morgan fingerprint density at radius 1 is 0.895 bits per heavy atom. The average molecular weight is 295 g/mol. The monoisotopic (exact) mass is 295 g/mol. The second-order valence-electron chi connectivity index (χ2n) is 4.29. The zero-order valence-electron chi connectivity index (χ0n) is 12.4. The molecular formula is C12H29NO5Si. The Labute approximate surface area is 117 Å². The average Bonchev–Trinajstić information content (AvgIpc) is 2.39. The van der Waals surface area contributed by atoms with E-state index >= 15 is 0 Å². The zero-order chi connectivity index (χ0) is 14.8. The van der Waals surface area contributed by atoms with Crippen molar-refractivity contribution in [3.8, 4) is 0 Å². The Hall–Kier alpha value is -0.0231. The molecule has 6 nitrogen and oxygen atoms in total. The van der Waals surface area contributed by atoms with Crippen molar-refractivity contribution >= 4 is 8.80 Å². The van der Waals surface area contributed by atoms with Crippen molar-refractivity contribution in [1.29, 1.82) is 0 Å². The Balaban J connectivity index is 5.50. The van der Waals surface area contributed by atoms with Gasteiger partial charge in [-0.25, -0.2) is 0 Å². The summed E-state index contributed by atoms with van der Waals surface area (Å²) in [6, 6.07) is 0. The Bertz CT molecular complexity index is 207. The molecule has 0 aromatic heterocycles. The van der Waals surface area contributed by atoms with Gasteiger partial charge in [-0.1, -0.05) is 0 Å². The van der Waals surface area contributed by atoms with Crippen molar-refractivity contribution in [3.63, 3.8) is 0 Å². The maximum Gasteiger partial charge on any atom is 0.508 e. The summed E-state index contributed by atoms with van der Waals surface area (Å²) in [7, 11) is -3.06. The van der Waals surface area contributed by atoms with Crippen LogP contribution in [0, 0.1) is 0 Å². The van der Waals surface area contributed by atoms with Crippen LogP contribution >= 0.6 is 0 Å². The van der Waals surface area contributed by atoms with Crippen molar-refractivity contribution < 1.29 is 23.5 Å². The highest BCUT2D eigenvalue weighted by molar-refractivity contribution is 6.64. The lowest BCUT2D eigenvalue weighted by atomic mass is 10.0. The van der Waals surface area contributed by atoms with Crippen molar-refractivity contribution in [3.05, 3.63) is 0 Å². The van der Waals surface area contributed by atoms with Crippen LogP contribution in [0.3, 0.4) is 0 Å². The summed E-state index contributed by atoms with van der Waals surface area (Å²) in [5.74, 6) is 0. The van der Waals surface area contributed by atoms with Crippen molar-refractivity contribution in [1.82, 2.24) is 0 Å². The SMILES string of the molecule is CCO[Si](OCC)(OCC)C(CN)(CCO)CCO. The van der Waals surface area contributed by atoms with E-state index in [1.54, 1.807) is 0 Å². The lowest BCUT2D eigenvalue weighted by molar-refractivity contribution is 0.0320. The molecule has 7 heteroatoms. The molecule has 0 bridgehead atoms. The molecule has 0 aliphatic carbocycles. The van der Waals surface area contributed by atoms with Gasteiger partial charge in [0.2, 0.25) is 0 Å². The number of aliphatic hydroxyl groups excluding tert-OH is 2. The Kier molecular flexibility index (Phi) is 9.80.